The molecule has 1 saturated carbocycles. The summed E-state index contributed by atoms with van der Waals surface area (Å²) in [5, 5.41) is 0. The van der Waals surface area contributed by atoms with Crippen LogP contribution in [-0.4, -0.2) is 0 Å². The van der Waals surface area contributed by atoms with Crippen LogP contribution in [0.3, 0.4) is 0 Å². The molecule has 0 saturated heterocycles. The Morgan fingerprint density at radius 1 is 1.14 bits per heavy atom. The molecule has 2 aromatic carbocycles. The number of nitrogens with two attached hydrogens (primary N) is 1. The average molecular weight is 457 g/mol. The zero-order valence-corrected chi connectivity index (χ0v) is 15.4. The predicted octanol–water partition coefficient (Wildman–Crippen LogP) is 4.87. The largest absolute Gasteiger partial charge is 0.271 e. The van der Waals surface area contributed by atoms with Crippen LogP contribution in [0.1, 0.15) is 47.9 Å². The maximum absolute atomic E-state index is 5.92. The Balaban J connectivity index is 2.06. The molecular formula is C17H18BrIN2. The van der Waals surface area contributed by atoms with Gasteiger partial charge in [0.1, 0.15) is 0 Å². The standard InChI is InChI=1S/C17H18BrIN2/c18-12-8-9-16(19)15(10-12)17(21-20)14-7-2-1-6-13(14)11-4-3-5-11/h1-2,6-11,17,21H,3-5,20H2. The molecule has 0 aliphatic heterocycles. The van der Waals surface area contributed by atoms with Gasteiger partial charge in [-0.3, -0.25) is 5.84 Å². The van der Waals surface area contributed by atoms with Crippen molar-refractivity contribution in [3.63, 3.8) is 0 Å². The van der Waals surface area contributed by atoms with Crippen LogP contribution in [0, 0.1) is 3.57 Å². The van der Waals surface area contributed by atoms with E-state index in [4.69, 9.17) is 5.84 Å². The quantitative estimate of drug-likeness (QED) is 0.391. The van der Waals surface area contributed by atoms with Crippen molar-refractivity contribution in [1.29, 1.82) is 0 Å². The van der Waals surface area contributed by atoms with E-state index >= 15 is 0 Å². The van der Waals surface area contributed by atoms with Gasteiger partial charge in [0.2, 0.25) is 0 Å². The van der Waals surface area contributed by atoms with Gasteiger partial charge in [-0.05, 0) is 76.2 Å². The highest BCUT2D eigenvalue weighted by molar-refractivity contribution is 14.1. The van der Waals surface area contributed by atoms with Gasteiger partial charge in [-0.15, -0.1) is 0 Å². The molecular weight excluding hydrogens is 439 g/mol. The van der Waals surface area contributed by atoms with Crippen LogP contribution in [-0.2, 0) is 0 Å². The van der Waals surface area contributed by atoms with Crippen LogP contribution in [0.2, 0.25) is 0 Å². The van der Waals surface area contributed by atoms with Crippen LogP contribution in [0.25, 0.3) is 0 Å². The molecule has 0 radical (unpaired) electrons. The number of hydrogen-bond donors (Lipinski definition) is 2. The van der Waals surface area contributed by atoms with Crippen molar-refractivity contribution in [3.05, 3.63) is 67.2 Å². The first-order valence-electron chi connectivity index (χ1n) is 7.20. The van der Waals surface area contributed by atoms with Crippen molar-refractivity contribution in [2.24, 2.45) is 5.84 Å². The van der Waals surface area contributed by atoms with Crippen molar-refractivity contribution >= 4 is 38.5 Å². The Morgan fingerprint density at radius 2 is 1.90 bits per heavy atom. The molecule has 0 bridgehead atoms. The van der Waals surface area contributed by atoms with E-state index in [1.54, 1.807) is 0 Å². The number of nitrogens with one attached hydrogen (secondary N) is 1. The first-order valence-corrected chi connectivity index (χ1v) is 9.07. The zero-order chi connectivity index (χ0) is 14.8. The highest BCUT2D eigenvalue weighted by atomic mass is 127. The summed E-state index contributed by atoms with van der Waals surface area (Å²) in [7, 11) is 0. The van der Waals surface area contributed by atoms with Crippen LogP contribution in [0.15, 0.2) is 46.9 Å². The smallest absolute Gasteiger partial charge is 0.0723 e. The summed E-state index contributed by atoms with van der Waals surface area (Å²) in [6.45, 7) is 0. The maximum Gasteiger partial charge on any atom is 0.0723 e. The van der Waals surface area contributed by atoms with E-state index in [0.29, 0.717) is 5.92 Å². The van der Waals surface area contributed by atoms with Crippen LogP contribution in [0.4, 0.5) is 0 Å². The lowest BCUT2D eigenvalue weighted by Crippen LogP contribution is -2.31. The van der Waals surface area contributed by atoms with Gasteiger partial charge >= 0.3 is 0 Å². The van der Waals surface area contributed by atoms with E-state index in [-0.39, 0.29) is 6.04 Å². The highest BCUT2D eigenvalue weighted by Crippen LogP contribution is 2.41. The minimum atomic E-state index is 0.0335. The van der Waals surface area contributed by atoms with E-state index in [0.717, 1.165) is 4.47 Å². The summed E-state index contributed by atoms with van der Waals surface area (Å²) in [4.78, 5) is 0. The molecule has 1 aliphatic rings. The third kappa shape index (κ3) is 3.18. The van der Waals surface area contributed by atoms with E-state index in [1.165, 1.54) is 39.5 Å². The van der Waals surface area contributed by atoms with Gasteiger partial charge in [0.05, 0.1) is 6.04 Å². The summed E-state index contributed by atoms with van der Waals surface area (Å²) < 4.78 is 2.31. The fourth-order valence-electron chi connectivity index (χ4n) is 2.95. The maximum atomic E-state index is 5.92. The molecule has 21 heavy (non-hydrogen) atoms. The molecule has 110 valence electrons. The van der Waals surface area contributed by atoms with Crippen molar-refractivity contribution in [2.45, 2.75) is 31.2 Å². The second-order valence-electron chi connectivity index (χ2n) is 5.52. The van der Waals surface area contributed by atoms with Gasteiger partial charge in [-0.25, -0.2) is 5.43 Å². The molecule has 3 N–H and O–H groups in total. The molecule has 2 aromatic rings. The molecule has 1 fully saturated rings. The number of rotatable bonds is 4. The third-order valence-corrected chi connectivity index (χ3v) is 5.76. The molecule has 1 atom stereocenters. The van der Waals surface area contributed by atoms with E-state index in [9.17, 15) is 0 Å². The van der Waals surface area contributed by atoms with Crippen LogP contribution in [0.5, 0.6) is 0 Å². The Hall–Kier alpha value is -0.430. The average Bonchev–Trinajstić information content (AvgIpc) is 2.43. The van der Waals surface area contributed by atoms with Gasteiger partial charge in [0.25, 0.3) is 0 Å². The minimum absolute atomic E-state index is 0.0335. The van der Waals surface area contributed by atoms with Crippen LogP contribution < -0.4 is 11.3 Å². The molecule has 1 aliphatic carbocycles. The summed E-state index contributed by atoms with van der Waals surface area (Å²) in [6, 6.07) is 15.1. The molecule has 1 unspecified atom stereocenters. The summed E-state index contributed by atoms with van der Waals surface area (Å²) in [6.07, 6.45) is 3.93. The minimum Gasteiger partial charge on any atom is -0.271 e. The Bertz CT molecular complexity index is 640. The second kappa shape index (κ2) is 6.77. The molecule has 0 heterocycles. The number of hydrazine groups is 1. The normalized spacial score (nSPS) is 16.5. The third-order valence-electron chi connectivity index (χ3n) is 4.29. The van der Waals surface area contributed by atoms with Gasteiger partial charge in [-0.2, -0.15) is 0 Å². The molecule has 0 aromatic heterocycles. The Morgan fingerprint density at radius 3 is 2.57 bits per heavy atom. The zero-order valence-electron chi connectivity index (χ0n) is 11.7. The molecule has 2 nitrogen and oxygen atoms in total. The molecule has 0 spiro atoms. The highest BCUT2D eigenvalue weighted by Gasteiger charge is 2.26. The number of halogens is 2. The van der Waals surface area contributed by atoms with E-state index in [2.05, 4.69) is 86.4 Å². The van der Waals surface area contributed by atoms with Gasteiger partial charge in [0.15, 0.2) is 0 Å². The fraction of sp³-hybridized carbons (Fsp3) is 0.294. The lowest BCUT2D eigenvalue weighted by molar-refractivity contribution is 0.414. The lowest BCUT2D eigenvalue weighted by atomic mass is 9.76. The SMILES string of the molecule is NNC(c1cc(Br)ccc1I)c1ccccc1C1CCC1. The van der Waals surface area contributed by atoms with Crippen molar-refractivity contribution < 1.29 is 0 Å². The van der Waals surface area contributed by atoms with E-state index < -0.39 is 0 Å². The first kappa shape index (κ1) is 15.5. The molecule has 3 rings (SSSR count). The lowest BCUT2D eigenvalue weighted by Gasteiger charge is -2.30. The van der Waals surface area contributed by atoms with Crippen molar-refractivity contribution in [2.75, 3.05) is 0 Å². The van der Waals surface area contributed by atoms with Crippen molar-refractivity contribution in [1.82, 2.24) is 5.43 Å². The molecule has 0 amide bonds. The predicted molar refractivity (Wildman–Crippen MR) is 99.1 cm³/mol. The van der Waals surface area contributed by atoms with Crippen LogP contribution >= 0.6 is 38.5 Å². The number of hydrogen-bond acceptors (Lipinski definition) is 2. The number of benzene rings is 2. The second-order valence-corrected chi connectivity index (χ2v) is 7.60. The van der Waals surface area contributed by atoms with Gasteiger partial charge in [0, 0.05) is 8.04 Å². The first-order chi connectivity index (χ1) is 10.2. The van der Waals surface area contributed by atoms with Gasteiger partial charge in [-0.1, -0.05) is 46.6 Å². The summed E-state index contributed by atoms with van der Waals surface area (Å²) in [5.41, 5.74) is 6.99. The summed E-state index contributed by atoms with van der Waals surface area (Å²) in [5.74, 6) is 6.61. The molecule has 4 heteroatoms. The topological polar surface area (TPSA) is 38.0 Å². The van der Waals surface area contributed by atoms with E-state index in [1.807, 2.05) is 0 Å². The Labute approximate surface area is 147 Å². The fourth-order valence-corrected chi connectivity index (χ4v) is 3.97. The monoisotopic (exact) mass is 456 g/mol. The summed E-state index contributed by atoms with van der Waals surface area (Å²) >= 11 is 5.95. The van der Waals surface area contributed by atoms with Crippen molar-refractivity contribution in [3.8, 4) is 0 Å². The Kier molecular flexibility index (Phi) is 4.99. The van der Waals surface area contributed by atoms with Gasteiger partial charge < -0.3 is 0 Å².